The van der Waals surface area contributed by atoms with Crippen molar-refractivity contribution in [1.82, 2.24) is 0 Å². The van der Waals surface area contributed by atoms with Crippen molar-refractivity contribution in [1.29, 1.82) is 0 Å². The van der Waals surface area contributed by atoms with Gasteiger partial charge in [0.25, 0.3) is 0 Å². The number of benzene rings is 2. The summed E-state index contributed by atoms with van der Waals surface area (Å²) in [6, 6.07) is 9.39. The van der Waals surface area contributed by atoms with E-state index in [-0.39, 0.29) is 0 Å². The Morgan fingerprint density at radius 3 is 1.94 bits per heavy atom. The molecule has 0 atom stereocenters. The first-order valence-corrected chi connectivity index (χ1v) is 5.55. The fourth-order valence-electron chi connectivity index (χ4n) is 1.76. The lowest BCUT2D eigenvalue weighted by molar-refractivity contribution is -0.136. The molecule has 0 saturated heterocycles. The molecule has 2 aromatic rings. The minimum Gasteiger partial charge on any atom is -0.166 e. The highest BCUT2D eigenvalue weighted by Gasteiger charge is 2.32. The van der Waals surface area contributed by atoms with Gasteiger partial charge in [-0.25, -0.2) is 0 Å². The second-order valence-electron chi connectivity index (χ2n) is 3.48. The average Bonchev–Trinajstić information content (AvgIpc) is 2.30. The predicted molar refractivity (Wildman–Crippen MR) is 65.0 cm³/mol. The van der Waals surface area contributed by atoms with Crippen LogP contribution in [0.1, 0.15) is 25.0 Å². The van der Waals surface area contributed by atoms with Gasteiger partial charge in [-0.1, -0.05) is 44.2 Å². The summed E-state index contributed by atoms with van der Waals surface area (Å²) in [5.41, 5.74) is 0.0959. The van der Waals surface area contributed by atoms with E-state index >= 15 is 0 Å². The minimum absolute atomic E-state index is 0.299. The summed E-state index contributed by atoms with van der Waals surface area (Å²) in [5.74, 6) is 0. The Balaban J connectivity index is 0.000000686. The van der Waals surface area contributed by atoms with Gasteiger partial charge in [-0.05, 0) is 29.3 Å². The monoisotopic (exact) mass is 240 g/mol. The van der Waals surface area contributed by atoms with Crippen molar-refractivity contribution in [2.45, 2.75) is 26.9 Å². The van der Waals surface area contributed by atoms with Gasteiger partial charge in [-0.15, -0.1) is 0 Å². The fraction of sp³-hybridized carbons (Fsp3) is 0.286. The zero-order valence-corrected chi connectivity index (χ0v) is 10.1. The van der Waals surface area contributed by atoms with E-state index in [0.29, 0.717) is 16.3 Å². The van der Waals surface area contributed by atoms with Gasteiger partial charge in [0.2, 0.25) is 0 Å². The highest BCUT2D eigenvalue weighted by molar-refractivity contribution is 5.89. The van der Waals surface area contributed by atoms with Gasteiger partial charge in [-0.3, -0.25) is 0 Å². The summed E-state index contributed by atoms with van der Waals surface area (Å²) in [4.78, 5) is 0. The third-order valence-corrected chi connectivity index (χ3v) is 2.42. The summed E-state index contributed by atoms with van der Waals surface area (Å²) < 4.78 is 38.1. The number of alkyl halides is 3. The smallest absolute Gasteiger partial charge is 0.166 e. The molecule has 0 N–H and O–H groups in total. The molecule has 0 nitrogen and oxygen atoms in total. The normalized spacial score (nSPS) is 10.9. The van der Waals surface area contributed by atoms with Crippen LogP contribution in [0, 0.1) is 6.92 Å². The quantitative estimate of drug-likeness (QED) is 0.594. The Hall–Kier alpha value is -1.51. The minimum atomic E-state index is -4.29. The topological polar surface area (TPSA) is 0 Å². The van der Waals surface area contributed by atoms with Crippen molar-refractivity contribution in [3.8, 4) is 0 Å². The molecule has 0 aliphatic carbocycles. The Morgan fingerprint density at radius 2 is 1.41 bits per heavy atom. The zero-order chi connectivity index (χ0) is 13.1. The van der Waals surface area contributed by atoms with Crippen LogP contribution in [0.4, 0.5) is 13.2 Å². The molecule has 0 bridgehead atoms. The first kappa shape index (κ1) is 13.6. The lowest BCUT2D eigenvalue weighted by Crippen LogP contribution is -2.06. The second-order valence-corrected chi connectivity index (χ2v) is 3.48. The molecule has 0 aromatic heterocycles. The van der Waals surface area contributed by atoms with Gasteiger partial charge in [-0.2, -0.15) is 13.2 Å². The highest BCUT2D eigenvalue weighted by atomic mass is 19.4. The van der Waals surface area contributed by atoms with Crippen molar-refractivity contribution in [3.05, 3.63) is 47.5 Å². The zero-order valence-electron chi connectivity index (χ0n) is 10.1. The van der Waals surface area contributed by atoms with Gasteiger partial charge in [0.05, 0.1) is 5.56 Å². The summed E-state index contributed by atoms with van der Waals surface area (Å²) in [5, 5.41) is 0.928. The molecular formula is C14H15F3. The molecule has 0 unspecified atom stereocenters. The van der Waals surface area contributed by atoms with Gasteiger partial charge in [0, 0.05) is 0 Å². The molecule has 2 rings (SSSR count). The van der Waals surface area contributed by atoms with Crippen molar-refractivity contribution in [2.24, 2.45) is 0 Å². The van der Waals surface area contributed by atoms with Crippen LogP contribution in [0.15, 0.2) is 36.4 Å². The van der Waals surface area contributed by atoms with Crippen molar-refractivity contribution >= 4 is 10.8 Å². The highest BCUT2D eigenvalue weighted by Crippen LogP contribution is 2.35. The predicted octanol–water partition coefficient (Wildman–Crippen LogP) is 5.19. The number of aryl methyl sites for hydroxylation is 1. The van der Waals surface area contributed by atoms with E-state index in [9.17, 15) is 13.2 Å². The molecule has 17 heavy (non-hydrogen) atoms. The molecule has 2 aromatic carbocycles. The largest absolute Gasteiger partial charge is 0.417 e. The molecule has 0 amide bonds. The van der Waals surface area contributed by atoms with Crippen molar-refractivity contribution < 1.29 is 13.2 Å². The molecule has 0 radical (unpaired) electrons. The Labute approximate surface area is 99.1 Å². The Bertz CT molecular complexity index is 493. The van der Waals surface area contributed by atoms with Gasteiger partial charge < -0.3 is 0 Å². The maximum Gasteiger partial charge on any atom is 0.417 e. The molecule has 92 valence electrons. The number of hydrogen-bond acceptors (Lipinski definition) is 0. The lowest BCUT2D eigenvalue weighted by atomic mass is 10.00. The third-order valence-electron chi connectivity index (χ3n) is 2.42. The molecule has 0 heterocycles. The molecular weight excluding hydrogens is 225 g/mol. The van der Waals surface area contributed by atoms with Gasteiger partial charge in [0.15, 0.2) is 0 Å². The summed E-state index contributed by atoms with van der Waals surface area (Å²) in [6.07, 6.45) is -4.29. The first-order chi connectivity index (χ1) is 8.00. The average molecular weight is 240 g/mol. The summed E-state index contributed by atoms with van der Waals surface area (Å²) in [7, 11) is 0. The van der Waals surface area contributed by atoms with Crippen LogP contribution in [-0.4, -0.2) is 0 Å². The van der Waals surface area contributed by atoms with Crippen LogP contribution in [0.25, 0.3) is 10.8 Å². The molecule has 0 aliphatic heterocycles. The van der Waals surface area contributed by atoms with E-state index in [1.165, 1.54) is 6.07 Å². The van der Waals surface area contributed by atoms with Gasteiger partial charge >= 0.3 is 6.18 Å². The number of hydrogen-bond donors (Lipinski definition) is 0. The number of rotatable bonds is 0. The summed E-state index contributed by atoms with van der Waals surface area (Å²) >= 11 is 0. The first-order valence-electron chi connectivity index (χ1n) is 5.55. The molecule has 3 heteroatoms. The Kier molecular flexibility index (Phi) is 4.16. The maximum atomic E-state index is 12.7. The Morgan fingerprint density at radius 1 is 0.882 bits per heavy atom. The maximum absolute atomic E-state index is 12.7. The standard InChI is InChI=1S/C12H9F3.C2H6/c1-8-4-2-5-9-6-3-7-10(11(8)9)12(13,14)15;1-2/h2-7H,1H3;1-2H3. The van der Waals surface area contributed by atoms with E-state index in [1.807, 2.05) is 13.8 Å². The lowest BCUT2D eigenvalue weighted by Gasteiger charge is -2.11. The van der Waals surface area contributed by atoms with Crippen LogP contribution in [0.2, 0.25) is 0 Å². The van der Waals surface area contributed by atoms with Crippen LogP contribution in [-0.2, 0) is 6.18 Å². The SMILES string of the molecule is CC.Cc1cccc2cccc(C(F)(F)F)c12. The molecule has 0 fully saturated rings. The van der Waals surface area contributed by atoms with Crippen LogP contribution in [0.5, 0.6) is 0 Å². The van der Waals surface area contributed by atoms with Gasteiger partial charge in [0.1, 0.15) is 0 Å². The van der Waals surface area contributed by atoms with E-state index in [1.54, 1.807) is 31.2 Å². The van der Waals surface area contributed by atoms with E-state index in [0.717, 1.165) is 6.07 Å². The van der Waals surface area contributed by atoms with Crippen LogP contribution in [0.3, 0.4) is 0 Å². The molecule has 0 spiro atoms. The number of fused-ring (bicyclic) bond motifs is 1. The summed E-state index contributed by atoms with van der Waals surface area (Å²) in [6.45, 7) is 5.69. The molecule has 0 saturated carbocycles. The second kappa shape index (κ2) is 5.21. The van der Waals surface area contributed by atoms with Crippen LogP contribution >= 0.6 is 0 Å². The van der Waals surface area contributed by atoms with Crippen molar-refractivity contribution in [3.63, 3.8) is 0 Å². The van der Waals surface area contributed by atoms with Crippen molar-refractivity contribution in [2.75, 3.05) is 0 Å². The van der Waals surface area contributed by atoms with E-state index in [2.05, 4.69) is 0 Å². The van der Waals surface area contributed by atoms with E-state index < -0.39 is 11.7 Å². The molecule has 0 aliphatic rings. The van der Waals surface area contributed by atoms with E-state index in [4.69, 9.17) is 0 Å². The van der Waals surface area contributed by atoms with Crippen LogP contribution < -0.4 is 0 Å². The number of halogens is 3. The fourth-order valence-corrected chi connectivity index (χ4v) is 1.76. The third kappa shape index (κ3) is 2.78.